The van der Waals surface area contributed by atoms with E-state index in [4.69, 9.17) is 0 Å². The fraction of sp³-hybridized carbons (Fsp3) is 0.158. The maximum atomic E-state index is 13.5. The van der Waals surface area contributed by atoms with Gasteiger partial charge >= 0.3 is 0 Å². The molecule has 1 heterocycles. The predicted molar refractivity (Wildman–Crippen MR) is 92.3 cm³/mol. The molecule has 0 aliphatic carbocycles. The van der Waals surface area contributed by atoms with Crippen LogP contribution in [0.1, 0.15) is 29.5 Å². The normalized spacial score (nSPS) is 16.1. The zero-order valence-electron chi connectivity index (χ0n) is 13.4. The van der Waals surface area contributed by atoms with Gasteiger partial charge in [0.2, 0.25) is 11.8 Å². The summed E-state index contributed by atoms with van der Waals surface area (Å²) in [6, 6.07) is 10.1. The van der Waals surface area contributed by atoms with E-state index < -0.39 is 0 Å². The summed E-state index contributed by atoms with van der Waals surface area (Å²) < 4.78 is 13.5. The highest BCUT2D eigenvalue weighted by atomic mass is 19.1. The molecule has 2 aromatic rings. The van der Waals surface area contributed by atoms with Crippen LogP contribution in [0.15, 0.2) is 42.5 Å². The number of halogens is 1. The van der Waals surface area contributed by atoms with Gasteiger partial charge in [-0.2, -0.15) is 0 Å². The lowest BCUT2D eigenvalue weighted by Gasteiger charge is -2.06. The van der Waals surface area contributed by atoms with E-state index in [1.807, 2.05) is 25.1 Å². The Hall–Kier alpha value is -2.95. The van der Waals surface area contributed by atoms with Gasteiger partial charge in [0, 0.05) is 23.0 Å². The highest BCUT2D eigenvalue weighted by molar-refractivity contribution is 6.04. The van der Waals surface area contributed by atoms with Gasteiger partial charge in [0.15, 0.2) is 0 Å². The molecule has 2 N–H and O–H groups in total. The monoisotopic (exact) mass is 324 g/mol. The lowest BCUT2D eigenvalue weighted by molar-refractivity contribution is -0.116. The van der Waals surface area contributed by atoms with Gasteiger partial charge in [-0.3, -0.25) is 9.59 Å². The van der Waals surface area contributed by atoms with E-state index in [1.165, 1.54) is 12.1 Å². The molecule has 0 saturated heterocycles. The van der Waals surface area contributed by atoms with Crippen molar-refractivity contribution in [2.45, 2.75) is 19.8 Å². The maximum Gasteiger partial charge on any atom is 0.248 e. The van der Waals surface area contributed by atoms with E-state index >= 15 is 0 Å². The average molecular weight is 324 g/mol. The minimum Gasteiger partial charge on any atom is -0.325 e. The van der Waals surface area contributed by atoms with Crippen molar-refractivity contribution in [2.24, 2.45) is 0 Å². The van der Waals surface area contributed by atoms with Crippen molar-refractivity contribution >= 4 is 29.3 Å². The maximum absolute atomic E-state index is 13.5. The van der Waals surface area contributed by atoms with Crippen molar-refractivity contribution < 1.29 is 14.0 Å². The summed E-state index contributed by atoms with van der Waals surface area (Å²) in [4.78, 5) is 23.6. The van der Waals surface area contributed by atoms with Crippen LogP contribution in [0.4, 0.5) is 15.8 Å². The number of anilines is 2. The molecule has 5 heteroatoms. The Labute approximate surface area is 139 Å². The number of carbonyl (C=O) groups excluding carboxylic acids is 2. The topological polar surface area (TPSA) is 58.2 Å². The van der Waals surface area contributed by atoms with Gasteiger partial charge in [-0.15, -0.1) is 0 Å². The summed E-state index contributed by atoms with van der Waals surface area (Å²) in [5.41, 5.74) is 3.37. The minimum absolute atomic E-state index is 0.0227. The molecule has 0 spiro atoms. The number of hydrogen-bond donors (Lipinski definition) is 2. The fourth-order valence-corrected chi connectivity index (χ4v) is 2.63. The molecule has 4 nitrogen and oxygen atoms in total. The van der Waals surface area contributed by atoms with Gasteiger partial charge in [-0.05, 0) is 49.2 Å². The second-order valence-corrected chi connectivity index (χ2v) is 5.79. The van der Waals surface area contributed by atoms with Gasteiger partial charge in [0.05, 0.1) is 5.92 Å². The smallest absolute Gasteiger partial charge is 0.248 e. The number of amides is 2. The molecule has 1 aliphatic rings. The van der Waals surface area contributed by atoms with Gasteiger partial charge in [-0.25, -0.2) is 4.39 Å². The molecule has 24 heavy (non-hydrogen) atoms. The summed E-state index contributed by atoms with van der Waals surface area (Å²) in [5.74, 6) is -0.885. The second kappa shape index (κ2) is 6.28. The van der Waals surface area contributed by atoms with Crippen LogP contribution in [-0.4, -0.2) is 11.8 Å². The van der Waals surface area contributed by atoms with E-state index in [0.29, 0.717) is 11.3 Å². The van der Waals surface area contributed by atoms with E-state index in [9.17, 15) is 14.0 Å². The first-order valence-electron chi connectivity index (χ1n) is 7.64. The summed E-state index contributed by atoms with van der Waals surface area (Å²) >= 11 is 0. The molecular weight excluding hydrogens is 307 g/mol. The van der Waals surface area contributed by atoms with Gasteiger partial charge in [0.1, 0.15) is 5.82 Å². The SMILES string of the molecule is Cc1c(F)cccc1NC(=O)C=Cc1ccc2c(c1)NC(=O)C2C. The van der Waals surface area contributed by atoms with Crippen LogP contribution in [0, 0.1) is 12.7 Å². The standard InChI is InChI=1S/C19H17FN2O2/c1-11-14-8-6-13(10-17(14)22-19(11)24)7-9-18(23)21-16-5-3-4-15(20)12(16)2/h3-11H,1-2H3,(H,21,23)(H,22,24). The van der Waals surface area contributed by atoms with Crippen molar-refractivity contribution in [2.75, 3.05) is 10.6 Å². The van der Waals surface area contributed by atoms with Gasteiger partial charge < -0.3 is 10.6 Å². The molecule has 1 unspecified atom stereocenters. The number of rotatable bonds is 3. The largest absolute Gasteiger partial charge is 0.325 e. The lowest BCUT2D eigenvalue weighted by Crippen LogP contribution is -2.09. The Morgan fingerprint density at radius 3 is 2.88 bits per heavy atom. The van der Waals surface area contributed by atoms with E-state index in [-0.39, 0.29) is 23.5 Å². The lowest BCUT2D eigenvalue weighted by atomic mass is 10.0. The third-order valence-electron chi connectivity index (χ3n) is 4.15. The number of benzene rings is 2. The van der Waals surface area contributed by atoms with Crippen molar-refractivity contribution in [1.82, 2.24) is 0 Å². The first kappa shape index (κ1) is 15.9. The molecule has 0 aromatic heterocycles. The van der Waals surface area contributed by atoms with E-state index in [1.54, 1.807) is 25.1 Å². The van der Waals surface area contributed by atoms with Crippen molar-refractivity contribution in [3.8, 4) is 0 Å². The van der Waals surface area contributed by atoms with Crippen molar-refractivity contribution in [1.29, 1.82) is 0 Å². The van der Waals surface area contributed by atoms with Crippen LogP contribution in [0.2, 0.25) is 0 Å². The van der Waals surface area contributed by atoms with Crippen molar-refractivity contribution in [3.05, 3.63) is 65.0 Å². The summed E-state index contributed by atoms with van der Waals surface area (Å²) in [7, 11) is 0. The molecule has 1 atom stereocenters. The number of carbonyl (C=O) groups is 2. The molecule has 0 bridgehead atoms. The average Bonchev–Trinajstić information content (AvgIpc) is 2.84. The van der Waals surface area contributed by atoms with Crippen molar-refractivity contribution in [3.63, 3.8) is 0 Å². The molecule has 1 aliphatic heterocycles. The van der Waals surface area contributed by atoms with Crippen LogP contribution in [0.5, 0.6) is 0 Å². The number of nitrogens with one attached hydrogen (secondary N) is 2. The predicted octanol–water partition coefficient (Wildman–Crippen LogP) is 3.84. The Morgan fingerprint density at radius 2 is 2.08 bits per heavy atom. The summed E-state index contributed by atoms with van der Waals surface area (Å²) in [6.07, 6.45) is 3.03. The third kappa shape index (κ3) is 3.06. The van der Waals surface area contributed by atoms with Crippen LogP contribution < -0.4 is 10.6 Å². The van der Waals surface area contributed by atoms with E-state index in [2.05, 4.69) is 10.6 Å². The summed E-state index contributed by atoms with van der Waals surface area (Å²) in [5, 5.41) is 5.47. The zero-order chi connectivity index (χ0) is 17.3. The minimum atomic E-state index is -0.361. The van der Waals surface area contributed by atoms with Crippen LogP contribution >= 0.6 is 0 Å². The number of fused-ring (bicyclic) bond motifs is 1. The molecule has 122 valence electrons. The van der Waals surface area contributed by atoms with Crippen LogP contribution in [-0.2, 0) is 9.59 Å². The highest BCUT2D eigenvalue weighted by Crippen LogP contribution is 2.32. The van der Waals surface area contributed by atoms with Gasteiger partial charge in [0.25, 0.3) is 0 Å². The van der Waals surface area contributed by atoms with Crippen LogP contribution in [0.25, 0.3) is 6.08 Å². The van der Waals surface area contributed by atoms with E-state index in [0.717, 1.165) is 16.8 Å². The number of hydrogen-bond acceptors (Lipinski definition) is 2. The highest BCUT2D eigenvalue weighted by Gasteiger charge is 2.25. The summed E-state index contributed by atoms with van der Waals surface area (Å²) in [6.45, 7) is 3.46. The van der Waals surface area contributed by atoms with Crippen LogP contribution in [0.3, 0.4) is 0 Å². The fourth-order valence-electron chi connectivity index (χ4n) is 2.63. The first-order chi connectivity index (χ1) is 11.5. The second-order valence-electron chi connectivity index (χ2n) is 5.79. The Kier molecular flexibility index (Phi) is 4.16. The third-order valence-corrected chi connectivity index (χ3v) is 4.15. The molecule has 0 radical (unpaired) electrons. The molecule has 0 fully saturated rings. The Balaban J connectivity index is 1.72. The Bertz CT molecular complexity index is 858. The molecule has 2 amide bonds. The molecule has 3 rings (SSSR count). The quantitative estimate of drug-likeness (QED) is 0.843. The zero-order valence-corrected chi connectivity index (χ0v) is 13.4. The first-order valence-corrected chi connectivity index (χ1v) is 7.64. The molecule has 0 saturated carbocycles. The molecule has 2 aromatic carbocycles. The Morgan fingerprint density at radius 1 is 1.29 bits per heavy atom. The van der Waals surface area contributed by atoms with Gasteiger partial charge in [-0.1, -0.05) is 18.2 Å². The molecular formula is C19H17FN2O2.